The van der Waals surface area contributed by atoms with Crippen LogP contribution in [0, 0.1) is 5.92 Å². The molecule has 1 aliphatic rings. The van der Waals surface area contributed by atoms with Gasteiger partial charge in [0.15, 0.2) is 0 Å². The van der Waals surface area contributed by atoms with Gasteiger partial charge in [-0.25, -0.2) is 0 Å². The first-order valence-corrected chi connectivity index (χ1v) is 7.58. The number of hydrogen-bond donors (Lipinski definition) is 0. The van der Waals surface area contributed by atoms with Crippen molar-refractivity contribution in [2.45, 2.75) is 53.9 Å². The van der Waals surface area contributed by atoms with Crippen LogP contribution in [0.1, 0.15) is 53.0 Å². The molecule has 0 unspecified atom stereocenters. The van der Waals surface area contributed by atoms with Crippen LogP contribution < -0.4 is 4.74 Å². The van der Waals surface area contributed by atoms with Crippen molar-refractivity contribution in [3.63, 3.8) is 0 Å². The summed E-state index contributed by atoms with van der Waals surface area (Å²) in [7, 11) is 0. The van der Waals surface area contributed by atoms with E-state index in [0.29, 0.717) is 0 Å². The molecule has 1 nitrogen and oxygen atoms in total. The second-order valence-corrected chi connectivity index (χ2v) is 4.28. The van der Waals surface area contributed by atoms with Crippen LogP contribution in [0.3, 0.4) is 0 Å². The molecule has 1 aromatic rings. The van der Waals surface area contributed by atoms with E-state index >= 15 is 0 Å². The van der Waals surface area contributed by atoms with E-state index in [0.717, 1.165) is 29.7 Å². The molecule has 0 radical (unpaired) electrons. The first-order valence-electron chi connectivity index (χ1n) is 7.21. The van der Waals surface area contributed by atoms with E-state index in [1.54, 1.807) is 0 Å². The molecular weight excluding hydrogens is 244 g/mol. The molecule has 1 aliphatic carbocycles. The van der Waals surface area contributed by atoms with E-state index in [9.17, 15) is 0 Å². The summed E-state index contributed by atoms with van der Waals surface area (Å²) in [5.41, 5.74) is 1.28. The first-order chi connectivity index (χ1) is 8.79. The Morgan fingerprint density at radius 2 is 1.78 bits per heavy atom. The highest BCUT2D eigenvalue weighted by Crippen LogP contribution is 2.32. The van der Waals surface area contributed by atoms with Gasteiger partial charge in [0.1, 0.15) is 5.75 Å². The smallest absolute Gasteiger partial charge is 0.138 e. The minimum Gasteiger partial charge on any atom is -0.492 e. The second kappa shape index (κ2) is 10.3. The van der Waals surface area contributed by atoms with Crippen LogP contribution in [0.4, 0.5) is 0 Å². The molecule has 0 aliphatic heterocycles. The Balaban J connectivity index is 0.000000659. The zero-order valence-electron chi connectivity index (χ0n) is 12.4. The summed E-state index contributed by atoms with van der Waals surface area (Å²) in [6.45, 7) is 11.0. The van der Waals surface area contributed by atoms with E-state index in [4.69, 9.17) is 16.3 Å². The highest BCUT2D eigenvalue weighted by molar-refractivity contribution is 6.32. The first kappa shape index (κ1) is 17.3. The molecule has 2 rings (SSSR count). The monoisotopic (exact) mass is 270 g/mol. The number of benzene rings is 1. The van der Waals surface area contributed by atoms with Crippen LogP contribution >= 0.6 is 11.6 Å². The van der Waals surface area contributed by atoms with Gasteiger partial charge in [-0.05, 0) is 42.9 Å². The molecule has 0 bridgehead atoms. The Kier molecular flexibility index (Phi) is 9.86. The third kappa shape index (κ3) is 6.30. The van der Waals surface area contributed by atoms with Gasteiger partial charge in [-0.1, -0.05) is 52.3 Å². The van der Waals surface area contributed by atoms with Crippen molar-refractivity contribution in [3.8, 4) is 5.75 Å². The maximum absolute atomic E-state index is 6.03. The Morgan fingerprint density at radius 1 is 1.17 bits per heavy atom. The standard InChI is InChI=1S/C12H15ClO.2C2H6/c1-2-9-5-6-11(13)12(7-9)14-8-10-3-4-10;2*1-2/h5-7,10H,2-4,8H2,1H3;2*1-2H3. The van der Waals surface area contributed by atoms with Crippen LogP contribution in [0.5, 0.6) is 5.75 Å². The van der Waals surface area contributed by atoms with Crippen LogP contribution in [0.2, 0.25) is 5.02 Å². The van der Waals surface area contributed by atoms with Crippen molar-refractivity contribution < 1.29 is 4.74 Å². The summed E-state index contributed by atoms with van der Waals surface area (Å²) >= 11 is 6.03. The van der Waals surface area contributed by atoms with Crippen molar-refractivity contribution in [2.24, 2.45) is 5.92 Å². The number of halogens is 1. The summed E-state index contributed by atoms with van der Waals surface area (Å²) in [4.78, 5) is 0. The highest BCUT2D eigenvalue weighted by atomic mass is 35.5. The predicted octanol–water partition coefficient (Wildman–Crippen LogP) is 5.74. The molecular formula is C16H27ClO. The van der Waals surface area contributed by atoms with Gasteiger partial charge in [0.2, 0.25) is 0 Å². The van der Waals surface area contributed by atoms with E-state index in [2.05, 4.69) is 6.92 Å². The van der Waals surface area contributed by atoms with Crippen molar-refractivity contribution in [1.29, 1.82) is 0 Å². The zero-order valence-corrected chi connectivity index (χ0v) is 13.2. The third-order valence-electron chi connectivity index (χ3n) is 2.58. The maximum Gasteiger partial charge on any atom is 0.138 e. The number of ether oxygens (including phenoxy) is 1. The molecule has 104 valence electrons. The number of rotatable bonds is 4. The normalized spacial score (nSPS) is 12.8. The number of hydrogen-bond acceptors (Lipinski definition) is 1. The quantitative estimate of drug-likeness (QED) is 0.677. The minimum atomic E-state index is 0.725. The summed E-state index contributed by atoms with van der Waals surface area (Å²) in [6, 6.07) is 6.01. The fourth-order valence-electron chi connectivity index (χ4n) is 1.37. The van der Waals surface area contributed by atoms with E-state index in [1.807, 2.05) is 45.9 Å². The minimum absolute atomic E-state index is 0.725. The van der Waals surface area contributed by atoms with Gasteiger partial charge in [-0.3, -0.25) is 0 Å². The van der Waals surface area contributed by atoms with Crippen molar-refractivity contribution in [1.82, 2.24) is 0 Å². The average Bonchev–Trinajstić information content (AvgIpc) is 3.26. The predicted molar refractivity (Wildman–Crippen MR) is 81.7 cm³/mol. The third-order valence-corrected chi connectivity index (χ3v) is 2.89. The van der Waals surface area contributed by atoms with Crippen LogP contribution in [-0.4, -0.2) is 6.61 Å². The van der Waals surface area contributed by atoms with E-state index in [1.165, 1.54) is 18.4 Å². The lowest BCUT2D eigenvalue weighted by Crippen LogP contribution is -1.99. The summed E-state index contributed by atoms with van der Waals surface area (Å²) in [5, 5.41) is 0.725. The molecule has 1 fully saturated rings. The van der Waals surface area contributed by atoms with Gasteiger partial charge in [-0.15, -0.1) is 0 Å². The zero-order chi connectivity index (χ0) is 14.0. The molecule has 0 amide bonds. The lowest BCUT2D eigenvalue weighted by atomic mass is 10.2. The summed E-state index contributed by atoms with van der Waals surface area (Å²) in [5.74, 6) is 1.62. The van der Waals surface area contributed by atoms with E-state index in [-0.39, 0.29) is 0 Å². The molecule has 0 heterocycles. The van der Waals surface area contributed by atoms with Crippen LogP contribution in [0.15, 0.2) is 18.2 Å². The lowest BCUT2D eigenvalue weighted by molar-refractivity contribution is 0.299. The lowest BCUT2D eigenvalue weighted by Gasteiger charge is -2.08. The molecule has 0 saturated heterocycles. The Bertz CT molecular complexity index is 319. The molecule has 0 aromatic heterocycles. The molecule has 1 saturated carbocycles. The van der Waals surface area contributed by atoms with Gasteiger partial charge in [0.05, 0.1) is 11.6 Å². The Hall–Kier alpha value is -0.690. The average molecular weight is 271 g/mol. The van der Waals surface area contributed by atoms with Crippen molar-refractivity contribution in [2.75, 3.05) is 6.61 Å². The largest absolute Gasteiger partial charge is 0.492 e. The Labute approximate surface area is 118 Å². The van der Waals surface area contributed by atoms with Gasteiger partial charge in [0, 0.05) is 0 Å². The molecule has 0 spiro atoms. The van der Waals surface area contributed by atoms with Crippen molar-refractivity contribution in [3.05, 3.63) is 28.8 Å². The van der Waals surface area contributed by atoms with Crippen LogP contribution in [0.25, 0.3) is 0 Å². The second-order valence-electron chi connectivity index (χ2n) is 3.87. The highest BCUT2D eigenvalue weighted by Gasteiger charge is 2.22. The maximum atomic E-state index is 6.03. The topological polar surface area (TPSA) is 9.23 Å². The Morgan fingerprint density at radius 3 is 2.28 bits per heavy atom. The summed E-state index contributed by atoms with van der Waals surface area (Å²) in [6.07, 6.45) is 3.65. The fourth-order valence-corrected chi connectivity index (χ4v) is 1.54. The van der Waals surface area contributed by atoms with Crippen LogP contribution in [-0.2, 0) is 6.42 Å². The molecule has 0 N–H and O–H groups in total. The molecule has 0 atom stereocenters. The van der Waals surface area contributed by atoms with Gasteiger partial charge >= 0.3 is 0 Å². The molecule has 1 aromatic carbocycles. The van der Waals surface area contributed by atoms with Gasteiger partial charge in [0.25, 0.3) is 0 Å². The van der Waals surface area contributed by atoms with E-state index < -0.39 is 0 Å². The van der Waals surface area contributed by atoms with Gasteiger partial charge in [-0.2, -0.15) is 0 Å². The SMILES string of the molecule is CC.CC.CCc1ccc(Cl)c(OCC2CC2)c1. The fraction of sp³-hybridized carbons (Fsp3) is 0.625. The summed E-state index contributed by atoms with van der Waals surface area (Å²) < 4.78 is 5.67. The number of aryl methyl sites for hydroxylation is 1. The molecule has 2 heteroatoms. The van der Waals surface area contributed by atoms with Gasteiger partial charge < -0.3 is 4.74 Å². The molecule has 18 heavy (non-hydrogen) atoms. The van der Waals surface area contributed by atoms with Crippen molar-refractivity contribution >= 4 is 11.6 Å².